The number of rotatable bonds is 6. The van der Waals surface area contributed by atoms with Gasteiger partial charge in [0.1, 0.15) is 5.01 Å². The molecule has 4 rings (SSSR count). The van der Waals surface area contributed by atoms with Gasteiger partial charge in [-0.15, -0.1) is 10.2 Å². The topological polar surface area (TPSA) is 96.8 Å². The Morgan fingerprint density at radius 3 is 2.75 bits per heavy atom. The fraction of sp³-hybridized carbons (Fsp3) is 0.368. The Hall–Kier alpha value is -2.94. The lowest BCUT2D eigenvalue weighted by Gasteiger charge is -2.17. The van der Waals surface area contributed by atoms with E-state index in [0.717, 1.165) is 49.3 Å². The van der Waals surface area contributed by atoms with Crippen LogP contribution in [-0.4, -0.2) is 44.1 Å². The Balaban J connectivity index is 1.65. The van der Waals surface area contributed by atoms with Crippen LogP contribution in [0.25, 0.3) is 11.3 Å². The van der Waals surface area contributed by atoms with E-state index in [1.165, 1.54) is 11.3 Å². The summed E-state index contributed by atoms with van der Waals surface area (Å²) < 4.78 is 0. The molecule has 9 heteroatoms. The summed E-state index contributed by atoms with van der Waals surface area (Å²) in [7, 11) is 0. The normalized spacial score (nSPS) is 13.7. The van der Waals surface area contributed by atoms with Crippen LogP contribution < -0.4 is 10.2 Å². The molecule has 1 N–H and O–H groups in total. The number of hydrogen-bond donors (Lipinski definition) is 1. The second-order valence-electron chi connectivity index (χ2n) is 6.57. The first-order chi connectivity index (χ1) is 13.7. The molecule has 0 bridgehead atoms. The predicted octanol–water partition coefficient (Wildman–Crippen LogP) is 3.20. The molecular formula is C19H21N7OS. The van der Waals surface area contributed by atoms with E-state index in [1.54, 1.807) is 18.6 Å². The highest BCUT2D eigenvalue weighted by Crippen LogP contribution is 2.26. The number of hydrogen-bond acceptors (Lipinski definition) is 8. The smallest absolute Gasteiger partial charge is 0.261 e. The second-order valence-corrected chi connectivity index (χ2v) is 7.63. The van der Waals surface area contributed by atoms with Crippen LogP contribution in [-0.2, 0) is 6.42 Å². The molecule has 0 atom stereocenters. The van der Waals surface area contributed by atoms with E-state index in [1.807, 2.05) is 12.1 Å². The average Bonchev–Trinajstić information content (AvgIpc) is 3.41. The summed E-state index contributed by atoms with van der Waals surface area (Å²) in [4.78, 5) is 28.3. The average molecular weight is 395 g/mol. The predicted molar refractivity (Wildman–Crippen MR) is 109 cm³/mol. The molecule has 28 heavy (non-hydrogen) atoms. The van der Waals surface area contributed by atoms with Crippen LogP contribution in [0.3, 0.4) is 0 Å². The van der Waals surface area contributed by atoms with Gasteiger partial charge in [-0.2, -0.15) is 0 Å². The number of amides is 1. The van der Waals surface area contributed by atoms with Crippen molar-refractivity contribution >= 4 is 28.3 Å². The second kappa shape index (κ2) is 8.39. The Morgan fingerprint density at radius 2 is 2.00 bits per heavy atom. The first-order valence-electron chi connectivity index (χ1n) is 9.40. The van der Waals surface area contributed by atoms with Crippen LogP contribution in [0.4, 0.5) is 11.1 Å². The van der Waals surface area contributed by atoms with Crippen LogP contribution in [0.2, 0.25) is 0 Å². The van der Waals surface area contributed by atoms with Crippen molar-refractivity contribution in [1.29, 1.82) is 0 Å². The van der Waals surface area contributed by atoms with Gasteiger partial charge in [0.15, 0.2) is 0 Å². The van der Waals surface area contributed by atoms with Gasteiger partial charge in [0.05, 0.1) is 11.3 Å². The molecule has 1 saturated heterocycles. The van der Waals surface area contributed by atoms with Gasteiger partial charge in [-0.25, -0.2) is 9.97 Å². The van der Waals surface area contributed by atoms with Gasteiger partial charge in [0.2, 0.25) is 11.1 Å². The molecule has 1 aliphatic heterocycles. The summed E-state index contributed by atoms with van der Waals surface area (Å²) in [6, 6.07) is 3.69. The fourth-order valence-electron chi connectivity index (χ4n) is 3.12. The van der Waals surface area contributed by atoms with Crippen LogP contribution in [0.1, 0.15) is 41.6 Å². The summed E-state index contributed by atoms with van der Waals surface area (Å²) in [6.45, 7) is 3.96. The quantitative estimate of drug-likeness (QED) is 0.684. The van der Waals surface area contributed by atoms with E-state index in [9.17, 15) is 4.79 Å². The Morgan fingerprint density at radius 1 is 1.21 bits per heavy atom. The lowest BCUT2D eigenvalue weighted by atomic mass is 10.1. The molecule has 0 aliphatic carbocycles. The summed E-state index contributed by atoms with van der Waals surface area (Å²) in [6.07, 6.45) is 9.08. The maximum Gasteiger partial charge on any atom is 0.261 e. The van der Waals surface area contributed by atoms with E-state index < -0.39 is 0 Å². The van der Waals surface area contributed by atoms with Crippen molar-refractivity contribution in [2.24, 2.45) is 0 Å². The van der Waals surface area contributed by atoms with Crippen LogP contribution in [0, 0.1) is 0 Å². The summed E-state index contributed by atoms with van der Waals surface area (Å²) >= 11 is 1.39. The van der Waals surface area contributed by atoms with E-state index >= 15 is 0 Å². The minimum absolute atomic E-state index is 0.293. The van der Waals surface area contributed by atoms with Crippen molar-refractivity contribution in [3.05, 3.63) is 41.3 Å². The third-order valence-corrected chi connectivity index (χ3v) is 5.41. The highest BCUT2D eigenvalue weighted by atomic mass is 32.1. The third-order valence-electron chi connectivity index (χ3n) is 4.51. The highest BCUT2D eigenvalue weighted by Gasteiger charge is 2.21. The van der Waals surface area contributed by atoms with Gasteiger partial charge in [0, 0.05) is 43.7 Å². The summed E-state index contributed by atoms with van der Waals surface area (Å²) in [5.74, 6) is 0.362. The van der Waals surface area contributed by atoms with E-state index in [4.69, 9.17) is 4.98 Å². The Labute approximate surface area is 167 Å². The molecule has 8 nitrogen and oxygen atoms in total. The Kier molecular flexibility index (Phi) is 5.52. The first-order valence-corrected chi connectivity index (χ1v) is 10.2. The zero-order valence-corrected chi connectivity index (χ0v) is 16.4. The van der Waals surface area contributed by atoms with Crippen molar-refractivity contribution in [2.75, 3.05) is 23.3 Å². The van der Waals surface area contributed by atoms with Gasteiger partial charge in [-0.3, -0.25) is 15.1 Å². The number of nitrogens with zero attached hydrogens (tertiary/aromatic N) is 6. The van der Waals surface area contributed by atoms with Crippen molar-refractivity contribution in [3.8, 4) is 11.3 Å². The molecule has 3 aromatic rings. The molecule has 0 radical (unpaired) electrons. The summed E-state index contributed by atoms with van der Waals surface area (Å²) in [5.41, 5.74) is 1.82. The van der Waals surface area contributed by atoms with Crippen LogP contribution in [0.5, 0.6) is 0 Å². The summed E-state index contributed by atoms with van der Waals surface area (Å²) in [5, 5.41) is 12.4. The highest BCUT2D eigenvalue weighted by molar-refractivity contribution is 7.15. The van der Waals surface area contributed by atoms with Gasteiger partial charge in [-0.05, 0) is 31.4 Å². The minimum atomic E-state index is -0.293. The number of aryl methyl sites for hydroxylation is 1. The van der Waals surface area contributed by atoms with Crippen molar-refractivity contribution in [1.82, 2.24) is 25.1 Å². The zero-order chi connectivity index (χ0) is 19.3. The van der Waals surface area contributed by atoms with Crippen molar-refractivity contribution in [2.45, 2.75) is 32.6 Å². The number of carbonyl (C=O) groups excluding carboxylic acids is 1. The van der Waals surface area contributed by atoms with Gasteiger partial charge < -0.3 is 4.90 Å². The fourth-order valence-corrected chi connectivity index (χ4v) is 3.96. The molecule has 0 spiro atoms. The molecule has 1 amide bonds. The maximum absolute atomic E-state index is 12.9. The SMILES string of the molecule is CCCc1nnc(NC(=O)c2cnc(N3CCCC3)nc2-c2ccncc2)s1. The number of carbonyl (C=O) groups is 1. The Bertz CT molecular complexity index is 954. The molecule has 144 valence electrons. The molecule has 1 aliphatic rings. The molecule has 1 fully saturated rings. The number of aromatic nitrogens is 5. The molecule has 0 aromatic carbocycles. The van der Waals surface area contributed by atoms with E-state index in [-0.39, 0.29) is 5.91 Å². The molecule has 0 unspecified atom stereocenters. The number of nitrogens with one attached hydrogen (secondary N) is 1. The van der Waals surface area contributed by atoms with E-state index in [2.05, 4.69) is 37.3 Å². The molecular weight excluding hydrogens is 374 g/mol. The van der Waals surface area contributed by atoms with Crippen molar-refractivity contribution < 1.29 is 4.79 Å². The van der Waals surface area contributed by atoms with Gasteiger partial charge in [0.25, 0.3) is 5.91 Å². The molecule has 0 saturated carbocycles. The maximum atomic E-state index is 12.9. The third kappa shape index (κ3) is 3.99. The van der Waals surface area contributed by atoms with Gasteiger partial charge >= 0.3 is 0 Å². The largest absolute Gasteiger partial charge is 0.341 e. The van der Waals surface area contributed by atoms with Gasteiger partial charge in [-0.1, -0.05) is 18.3 Å². The zero-order valence-electron chi connectivity index (χ0n) is 15.6. The minimum Gasteiger partial charge on any atom is -0.341 e. The molecule has 3 aromatic heterocycles. The lowest BCUT2D eigenvalue weighted by Crippen LogP contribution is -2.22. The van der Waals surface area contributed by atoms with Crippen molar-refractivity contribution in [3.63, 3.8) is 0 Å². The number of anilines is 2. The monoisotopic (exact) mass is 395 g/mol. The van der Waals surface area contributed by atoms with Crippen LogP contribution >= 0.6 is 11.3 Å². The molecule has 4 heterocycles. The number of pyridine rings is 1. The van der Waals surface area contributed by atoms with Crippen LogP contribution in [0.15, 0.2) is 30.7 Å². The standard InChI is InChI=1S/C19H21N7OS/c1-2-5-15-24-25-19(28-15)23-17(27)14-12-21-18(26-10-3-4-11-26)22-16(14)13-6-8-20-9-7-13/h6-9,12H,2-5,10-11H2,1H3,(H,23,25,27). The van der Waals surface area contributed by atoms with E-state index in [0.29, 0.717) is 22.3 Å². The first kappa shape index (κ1) is 18.4. The lowest BCUT2D eigenvalue weighted by molar-refractivity contribution is 0.102.